The van der Waals surface area contributed by atoms with E-state index in [1.807, 2.05) is 44.2 Å². The first-order chi connectivity index (χ1) is 11.4. The van der Waals surface area contributed by atoms with Crippen LogP contribution < -0.4 is 0 Å². The van der Waals surface area contributed by atoms with Crippen molar-refractivity contribution in [3.8, 4) is 11.3 Å². The van der Waals surface area contributed by atoms with Gasteiger partial charge in [-0.15, -0.1) is 0 Å². The van der Waals surface area contributed by atoms with Gasteiger partial charge in [0.2, 0.25) is 0 Å². The van der Waals surface area contributed by atoms with Crippen LogP contribution in [-0.4, -0.2) is 53.5 Å². The van der Waals surface area contributed by atoms with Crippen molar-refractivity contribution in [1.29, 1.82) is 0 Å². The lowest BCUT2D eigenvalue weighted by molar-refractivity contribution is 0.0652. The molecule has 6 nitrogen and oxygen atoms in total. The minimum Gasteiger partial charge on any atom is -0.335 e. The monoisotopic (exact) mass is 347 g/mol. The van der Waals surface area contributed by atoms with Gasteiger partial charge in [0, 0.05) is 18.7 Å². The minimum atomic E-state index is -3.13. The summed E-state index contributed by atoms with van der Waals surface area (Å²) in [6.07, 6.45) is 0. The summed E-state index contributed by atoms with van der Waals surface area (Å²) in [5.74, 6) is 0.0588. The number of aromatic amines is 1. The van der Waals surface area contributed by atoms with E-state index in [0.29, 0.717) is 11.4 Å². The fourth-order valence-corrected chi connectivity index (χ4v) is 4.81. The van der Waals surface area contributed by atoms with E-state index in [2.05, 4.69) is 10.2 Å². The van der Waals surface area contributed by atoms with Crippen LogP contribution in [0.15, 0.2) is 36.4 Å². The van der Waals surface area contributed by atoms with Crippen LogP contribution in [0.1, 0.15) is 24.3 Å². The molecular formula is C17H21N3O3S. The first-order valence-corrected chi connectivity index (χ1v) is 9.70. The summed E-state index contributed by atoms with van der Waals surface area (Å²) in [5.41, 5.74) is 2.01. The Kier molecular flexibility index (Phi) is 4.45. The lowest BCUT2D eigenvalue weighted by Gasteiger charge is -2.38. The normalized spacial score (nSPS) is 15.5. The van der Waals surface area contributed by atoms with Crippen molar-refractivity contribution in [1.82, 2.24) is 15.1 Å². The molecule has 0 radical (unpaired) electrons. The van der Waals surface area contributed by atoms with Crippen molar-refractivity contribution >= 4 is 15.7 Å². The topological polar surface area (TPSA) is 83.1 Å². The fourth-order valence-electron chi connectivity index (χ4n) is 2.79. The Balaban J connectivity index is 1.64. The van der Waals surface area contributed by atoms with E-state index >= 15 is 0 Å². The zero-order valence-corrected chi connectivity index (χ0v) is 14.6. The van der Waals surface area contributed by atoms with Gasteiger partial charge in [-0.3, -0.25) is 9.89 Å². The number of sulfone groups is 1. The second-order valence-electron chi connectivity index (χ2n) is 6.59. The van der Waals surface area contributed by atoms with Gasteiger partial charge in [-0.05, 0) is 12.0 Å². The van der Waals surface area contributed by atoms with E-state index < -0.39 is 15.1 Å². The molecule has 1 amide bonds. The molecule has 3 rings (SSSR count). The van der Waals surface area contributed by atoms with Gasteiger partial charge in [0.05, 0.1) is 16.7 Å². The molecule has 1 aliphatic heterocycles. The van der Waals surface area contributed by atoms with Crippen LogP contribution in [0.2, 0.25) is 0 Å². The number of H-pyrrole nitrogens is 1. The van der Waals surface area contributed by atoms with Gasteiger partial charge in [-0.1, -0.05) is 44.2 Å². The highest BCUT2D eigenvalue weighted by Crippen LogP contribution is 2.23. The summed E-state index contributed by atoms with van der Waals surface area (Å²) in [6.45, 7) is 4.28. The van der Waals surface area contributed by atoms with Gasteiger partial charge >= 0.3 is 0 Å². The number of benzene rings is 1. The van der Waals surface area contributed by atoms with Crippen molar-refractivity contribution < 1.29 is 13.2 Å². The number of carbonyl (C=O) groups is 1. The Labute approximate surface area is 141 Å². The van der Waals surface area contributed by atoms with Gasteiger partial charge in [0.15, 0.2) is 9.84 Å². The van der Waals surface area contributed by atoms with Crippen LogP contribution in [0.5, 0.6) is 0 Å². The Morgan fingerprint density at radius 2 is 1.96 bits per heavy atom. The first kappa shape index (κ1) is 16.7. The van der Waals surface area contributed by atoms with Crippen molar-refractivity contribution in [2.45, 2.75) is 19.1 Å². The second-order valence-corrected chi connectivity index (χ2v) is 8.91. The number of aromatic nitrogens is 2. The van der Waals surface area contributed by atoms with Gasteiger partial charge in [-0.25, -0.2) is 8.42 Å². The molecule has 1 aliphatic rings. The largest absolute Gasteiger partial charge is 0.335 e. The smallest absolute Gasteiger partial charge is 0.271 e. The summed E-state index contributed by atoms with van der Waals surface area (Å²) >= 11 is 0. The molecule has 0 spiro atoms. The highest BCUT2D eigenvalue weighted by molar-refractivity contribution is 7.92. The zero-order valence-electron chi connectivity index (χ0n) is 13.8. The lowest BCUT2D eigenvalue weighted by Crippen LogP contribution is -2.57. The Morgan fingerprint density at radius 3 is 2.58 bits per heavy atom. The number of amides is 1. The molecule has 0 bridgehead atoms. The van der Waals surface area contributed by atoms with Gasteiger partial charge < -0.3 is 4.90 Å². The first-order valence-electron chi connectivity index (χ1n) is 7.98. The van der Waals surface area contributed by atoms with Crippen molar-refractivity contribution in [3.05, 3.63) is 42.1 Å². The summed E-state index contributed by atoms with van der Waals surface area (Å²) < 4.78 is 24.3. The number of rotatable bonds is 5. The molecule has 1 N–H and O–H groups in total. The van der Waals surface area contributed by atoms with E-state index in [1.54, 1.807) is 11.0 Å². The van der Waals surface area contributed by atoms with Crippen molar-refractivity contribution in [2.75, 3.05) is 18.8 Å². The number of hydrogen-bond donors (Lipinski definition) is 1. The number of carbonyl (C=O) groups excluding carboxylic acids is 1. The molecule has 1 aromatic heterocycles. The fraction of sp³-hybridized carbons (Fsp3) is 0.412. The second kappa shape index (κ2) is 6.39. The van der Waals surface area contributed by atoms with Crippen LogP contribution >= 0.6 is 0 Å². The van der Waals surface area contributed by atoms with E-state index in [9.17, 15) is 13.2 Å². The Hall–Kier alpha value is -2.15. The standard InChI is InChI=1S/C17H21N3O3S/c1-12(2)11-24(22,23)14-9-20(10-14)17(21)16-8-15(18-19-16)13-6-4-3-5-7-13/h3-8,12,14H,9-11H2,1-2H3,(H,18,19). The molecule has 0 unspecified atom stereocenters. The Bertz CT molecular complexity index is 822. The van der Waals surface area contributed by atoms with E-state index in [1.165, 1.54) is 0 Å². The Morgan fingerprint density at radius 1 is 1.29 bits per heavy atom. The van der Waals surface area contributed by atoms with Crippen LogP contribution in [0.4, 0.5) is 0 Å². The summed E-state index contributed by atoms with van der Waals surface area (Å²) in [4.78, 5) is 14.0. The maximum absolute atomic E-state index is 12.4. The van der Waals surface area contributed by atoms with Crippen LogP contribution in [0.3, 0.4) is 0 Å². The molecule has 0 aliphatic carbocycles. The lowest BCUT2D eigenvalue weighted by atomic mass is 10.1. The molecule has 2 aromatic rings. The van der Waals surface area contributed by atoms with Crippen LogP contribution in [0.25, 0.3) is 11.3 Å². The van der Waals surface area contributed by atoms with Crippen molar-refractivity contribution in [2.24, 2.45) is 5.92 Å². The molecule has 2 heterocycles. The van der Waals surface area contributed by atoms with E-state index in [4.69, 9.17) is 0 Å². The van der Waals surface area contributed by atoms with Gasteiger partial charge in [0.1, 0.15) is 5.69 Å². The average molecular weight is 347 g/mol. The zero-order chi connectivity index (χ0) is 17.3. The number of likely N-dealkylation sites (tertiary alicyclic amines) is 1. The molecule has 128 valence electrons. The van der Waals surface area contributed by atoms with Crippen LogP contribution in [-0.2, 0) is 9.84 Å². The van der Waals surface area contributed by atoms with Crippen LogP contribution in [0, 0.1) is 5.92 Å². The van der Waals surface area contributed by atoms with E-state index in [0.717, 1.165) is 5.56 Å². The SMILES string of the molecule is CC(C)CS(=O)(=O)C1CN(C(=O)c2cc(-c3ccccc3)n[nH]2)C1. The predicted molar refractivity (Wildman–Crippen MR) is 92.3 cm³/mol. The van der Waals surface area contributed by atoms with Gasteiger partial charge in [-0.2, -0.15) is 5.10 Å². The molecular weight excluding hydrogens is 326 g/mol. The summed E-state index contributed by atoms with van der Waals surface area (Å²) in [6, 6.07) is 11.3. The summed E-state index contributed by atoms with van der Waals surface area (Å²) in [5, 5.41) is 6.47. The predicted octanol–water partition coefficient (Wildman–Crippen LogP) is 1.97. The maximum Gasteiger partial charge on any atom is 0.271 e. The number of nitrogens with zero attached hydrogens (tertiary/aromatic N) is 2. The number of nitrogens with one attached hydrogen (secondary N) is 1. The molecule has 24 heavy (non-hydrogen) atoms. The molecule has 7 heteroatoms. The highest BCUT2D eigenvalue weighted by Gasteiger charge is 2.40. The van der Waals surface area contributed by atoms with Crippen molar-refractivity contribution in [3.63, 3.8) is 0 Å². The molecule has 0 saturated carbocycles. The minimum absolute atomic E-state index is 0.0980. The molecule has 1 saturated heterocycles. The quantitative estimate of drug-likeness (QED) is 0.896. The average Bonchev–Trinajstić information content (AvgIpc) is 2.94. The molecule has 0 atom stereocenters. The third kappa shape index (κ3) is 3.36. The van der Waals surface area contributed by atoms with Gasteiger partial charge in [0.25, 0.3) is 5.91 Å². The molecule has 1 aromatic carbocycles. The van der Waals surface area contributed by atoms with E-state index in [-0.39, 0.29) is 30.7 Å². The summed E-state index contributed by atoms with van der Waals surface area (Å²) in [7, 11) is -3.13. The third-order valence-corrected chi connectivity index (χ3v) is 6.53. The maximum atomic E-state index is 12.4. The number of hydrogen-bond acceptors (Lipinski definition) is 4. The third-order valence-electron chi connectivity index (χ3n) is 4.09. The molecule has 1 fully saturated rings. The highest BCUT2D eigenvalue weighted by atomic mass is 32.2.